The molecule has 18 heavy (non-hydrogen) atoms. The molecule has 2 atom stereocenters. The van der Waals surface area contributed by atoms with Crippen molar-refractivity contribution in [2.45, 2.75) is 51.3 Å². The highest BCUT2D eigenvalue weighted by Crippen LogP contribution is 2.25. The minimum absolute atomic E-state index is 0.00452. The minimum atomic E-state index is -0.00452. The number of carbonyl (C=O) groups is 1. The first-order valence-corrected chi connectivity index (χ1v) is 7.78. The molecule has 4 nitrogen and oxygen atoms in total. The molecular formula is C13H28N2O2S. The second-order valence-corrected chi connectivity index (χ2v) is 6.59. The van der Waals surface area contributed by atoms with Crippen LogP contribution in [0.15, 0.2) is 0 Å². The van der Waals surface area contributed by atoms with Crippen molar-refractivity contribution in [1.29, 1.82) is 0 Å². The van der Waals surface area contributed by atoms with Gasteiger partial charge in [-0.25, -0.2) is 0 Å². The van der Waals surface area contributed by atoms with Gasteiger partial charge in [-0.05, 0) is 38.0 Å². The van der Waals surface area contributed by atoms with Gasteiger partial charge in [0.25, 0.3) is 0 Å². The maximum absolute atomic E-state index is 11.8. The van der Waals surface area contributed by atoms with Gasteiger partial charge in [0.05, 0.1) is 6.61 Å². The van der Waals surface area contributed by atoms with Gasteiger partial charge in [-0.2, -0.15) is 11.8 Å². The Hall–Kier alpha value is -0.260. The Morgan fingerprint density at radius 1 is 1.44 bits per heavy atom. The third-order valence-corrected chi connectivity index (χ3v) is 4.44. The number of hydrogen-bond acceptors (Lipinski definition) is 4. The normalized spacial score (nSPS) is 15.2. The zero-order valence-corrected chi connectivity index (χ0v) is 12.8. The van der Waals surface area contributed by atoms with Gasteiger partial charge in [0.1, 0.15) is 0 Å². The van der Waals surface area contributed by atoms with Crippen LogP contribution in [0.1, 0.15) is 40.0 Å². The Labute approximate surface area is 115 Å². The Morgan fingerprint density at radius 2 is 2.06 bits per heavy atom. The molecular weight excluding hydrogens is 248 g/mol. The van der Waals surface area contributed by atoms with E-state index in [4.69, 9.17) is 10.8 Å². The number of hydrogen-bond donors (Lipinski definition) is 3. The van der Waals surface area contributed by atoms with E-state index in [1.165, 1.54) is 0 Å². The molecule has 0 aromatic heterocycles. The fraction of sp³-hybridized carbons (Fsp3) is 0.923. The topological polar surface area (TPSA) is 75.3 Å². The lowest BCUT2D eigenvalue weighted by Crippen LogP contribution is -2.41. The molecule has 0 aliphatic heterocycles. The lowest BCUT2D eigenvalue weighted by Gasteiger charge is -2.25. The second-order valence-electron chi connectivity index (χ2n) is 5.52. The number of nitrogens with two attached hydrogens (primary N) is 1. The molecule has 2 unspecified atom stereocenters. The molecule has 1 amide bonds. The van der Waals surface area contributed by atoms with Crippen molar-refractivity contribution >= 4 is 17.7 Å². The van der Waals surface area contributed by atoms with Crippen LogP contribution in [0.5, 0.6) is 0 Å². The maximum Gasteiger partial charge on any atom is 0.220 e. The zero-order chi connectivity index (χ0) is 14.2. The molecule has 0 aliphatic rings. The molecule has 0 radical (unpaired) electrons. The summed E-state index contributed by atoms with van der Waals surface area (Å²) in [5, 5.41) is 12.2. The maximum atomic E-state index is 11.8. The average molecular weight is 276 g/mol. The number of amides is 1. The van der Waals surface area contributed by atoms with Crippen molar-refractivity contribution in [1.82, 2.24) is 5.32 Å². The van der Waals surface area contributed by atoms with Crippen LogP contribution in [0.25, 0.3) is 0 Å². The fourth-order valence-corrected chi connectivity index (χ4v) is 2.45. The summed E-state index contributed by atoms with van der Waals surface area (Å²) in [6.07, 6.45) is 4.23. The quantitative estimate of drug-likeness (QED) is 0.594. The first-order chi connectivity index (χ1) is 8.36. The number of thioether (sulfide) groups is 1. The predicted octanol–water partition coefficient (Wildman–Crippen LogP) is 1.37. The third kappa shape index (κ3) is 7.24. The van der Waals surface area contributed by atoms with E-state index in [1.54, 1.807) is 11.8 Å². The Morgan fingerprint density at radius 3 is 2.50 bits per heavy atom. The van der Waals surface area contributed by atoms with Gasteiger partial charge in [-0.3, -0.25) is 4.79 Å². The molecule has 0 heterocycles. The highest BCUT2D eigenvalue weighted by Gasteiger charge is 2.21. The molecule has 108 valence electrons. The van der Waals surface area contributed by atoms with E-state index in [9.17, 15) is 4.79 Å². The summed E-state index contributed by atoms with van der Waals surface area (Å²) >= 11 is 1.57. The van der Waals surface area contributed by atoms with Crippen LogP contribution in [-0.4, -0.2) is 41.7 Å². The fourth-order valence-electron chi connectivity index (χ4n) is 1.82. The van der Waals surface area contributed by atoms with Crippen LogP contribution in [0.2, 0.25) is 0 Å². The molecule has 0 aromatic carbocycles. The molecule has 0 fully saturated rings. The monoisotopic (exact) mass is 276 g/mol. The Balaban J connectivity index is 4.04. The van der Waals surface area contributed by atoms with Gasteiger partial charge in [0.2, 0.25) is 5.91 Å². The van der Waals surface area contributed by atoms with Crippen LogP contribution in [-0.2, 0) is 4.79 Å². The standard InChI is InChI=1S/C13H28N2O2S/c1-10(11(9-16)18-4)15-12(17)5-6-13(2,3)7-8-14/h10-11,16H,5-9,14H2,1-4H3,(H,15,17). The molecule has 0 bridgehead atoms. The summed E-state index contributed by atoms with van der Waals surface area (Å²) in [4.78, 5) is 11.8. The second kappa shape index (κ2) is 8.77. The van der Waals surface area contributed by atoms with E-state index < -0.39 is 0 Å². The third-order valence-electron chi connectivity index (χ3n) is 3.28. The Bertz CT molecular complexity index is 243. The van der Waals surface area contributed by atoms with Crippen LogP contribution < -0.4 is 11.1 Å². The lowest BCUT2D eigenvalue weighted by molar-refractivity contribution is -0.122. The van der Waals surface area contributed by atoms with E-state index in [2.05, 4.69) is 19.2 Å². The molecule has 0 saturated heterocycles. The van der Waals surface area contributed by atoms with Crippen molar-refractivity contribution in [2.75, 3.05) is 19.4 Å². The van der Waals surface area contributed by atoms with E-state index in [1.807, 2.05) is 13.2 Å². The van der Waals surface area contributed by atoms with Gasteiger partial charge < -0.3 is 16.2 Å². The van der Waals surface area contributed by atoms with Crippen molar-refractivity contribution in [3.05, 3.63) is 0 Å². The number of aliphatic hydroxyl groups excluding tert-OH is 1. The lowest BCUT2D eigenvalue weighted by atomic mass is 9.84. The summed E-state index contributed by atoms with van der Waals surface area (Å²) in [7, 11) is 0. The van der Waals surface area contributed by atoms with Crippen molar-refractivity contribution in [3.8, 4) is 0 Å². The van der Waals surface area contributed by atoms with E-state index in [0.29, 0.717) is 13.0 Å². The van der Waals surface area contributed by atoms with Gasteiger partial charge in [-0.15, -0.1) is 0 Å². The number of rotatable bonds is 9. The van der Waals surface area contributed by atoms with E-state index in [0.717, 1.165) is 12.8 Å². The van der Waals surface area contributed by atoms with Gasteiger partial charge in [0.15, 0.2) is 0 Å². The van der Waals surface area contributed by atoms with E-state index >= 15 is 0 Å². The molecule has 5 heteroatoms. The largest absolute Gasteiger partial charge is 0.395 e. The SMILES string of the molecule is CSC(CO)C(C)NC(=O)CCC(C)(C)CCN. The molecule has 4 N–H and O–H groups in total. The van der Waals surface area contributed by atoms with Crippen LogP contribution >= 0.6 is 11.8 Å². The summed E-state index contributed by atoms with van der Waals surface area (Å²) in [5.41, 5.74) is 5.66. The van der Waals surface area contributed by atoms with E-state index in [-0.39, 0.29) is 29.2 Å². The highest BCUT2D eigenvalue weighted by atomic mass is 32.2. The highest BCUT2D eigenvalue weighted by molar-refractivity contribution is 7.99. The molecule has 0 aliphatic carbocycles. The van der Waals surface area contributed by atoms with Gasteiger partial charge in [0, 0.05) is 17.7 Å². The van der Waals surface area contributed by atoms with Crippen LogP contribution in [0.4, 0.5) is 0 Å². The molecule has 0 rings (SSSR count). The number of nitrogens with one attached hydrogen (secondary N) is 1. The molecule has 0 spiro atoms. The first-order valence-electron chi connectivity index (χ1n) is 6.49. The van der Waals surface area contributed by atoms with Crippen LogP contribution in [0.3, 0.4) is 0 Å². The van der Waals surface area contributed by atoms with Crippen molar-refractivity contribution in [2.24, 2.45) is 11.1 Å². The first kappa shape index (κ1) is 17.7. The summed E-state index contributed by atoms with van der Waals surface area (Å²) < 4.78 is 0. The molecule has 0 aromatic rings. The summed E-state index contributed by atoms with van der Waals surface area (Å²) in [6, 6.07) is -0.00452. The minimum Gasteiger partial charge on any atom is -0.395 e. The predicted molar refractivity (Wildman–Crippen MR) is 78.7 cm³/mol. The Kier molecular flexibility index (Phi) is 8.65. The number of aliphatic hydroxyl groups is 1. The van der Waals surface area contributed by atoms with Crippen molar-refractivity contribution < 1.29 is 9.90 Å². The summed E-state index contributed by atoms with van der Waals surface area (Å²) in [6.45, 7) is 6.94. The smallest absolute Gasteiger partial charge is 0.220 e. The molecule has 0 saturated carbocycles. The van der Waals surface area contributed by atoms with Crippen LogP contribution in [0, 0.1) is 5.41 Å². The average Bonchev–Trinajstić information content (AvgIpc) is 2.28. The zero-order valence-electron chi connectivity index (χ0n) is 12.0. The van der Waals surface area contributed by atoms with Gasteiger partial charge >= 0.3 is 0 Å². The number of carbonyl (C=O) groups excluding carboxylic acids is 1. The van der Waals surface area contributed by atoms with Crippen molar-refractivity contribution in [3.63, 3.8) is 0 Å². The summed E-state index contributed by atoms with van der Waals surface area (Å²) in [5.74, 6) is 0.0556. The van der Waals surface area contributed by atoms with Gasteiger partial charge in [-0.1, -0.05) is 13.8 Å².